The Labute approximate surface area is 140 Å². The number of carbonyl (C=O) groups is 1. The van der Waals surface area contributed by atoms with Crippen LogP contribution in [0.2, 0.25) is 0 Å². The van der Waals surface area contributed by atoms with Crippen molar-refractivity contribution in [2.45, 2.75) is 12.7 Å². The highest BCUT2D eigenvalue weighted by molar-refractivity contribution is 5.92. The molecule has 3 aromatic rings. The summed E-state index contributed by atoms with van der Waals surface area (Å²) in [5, 5.41) is 3.75. The Morgan fingerprint density at radius 3 is 2.76 bits per heavy atom. The minimum Gasteiger partial charge on any atom is -0.483 e. The molecule has 0 aliphatic heterocycles. The van der Waals surface area contributed by atoms with Gasteiger partial charge in [-0.3, -0.25) is 4.79 Å². The molecule has 1 amide bonds. The van der Waals surface area contributed by atoms with E-state index in [-0.39, 0.29) is 11.4 Å². The maximum Gasteiger partial charge on any atom is 0.422 e. The zero-order valence-electron chi connectivity index (χ0n) is 12.9. The molecule has 1 aromatic carbocycles. The van der Waals surface area contributed by atoms with Crippen molar-refractivity contribution in [1.82, 2.24) is 15.3 Å². The van der Waals surface area contributed by atoms with Crippen LogP contribution < -0.4 is 10.1 Å². The normalized spacial score (nSPS) is 11.5. The summed E-state index contributed by atoms with van der Waals surface area (Å²) in [4.78, 5) is 19.0. The lowest BCUT2D eigenvalue weighted by molar-refractivity contribution is -0.153. The highest BCUT2D eigenvalue weighted by Crippen LogP contribution is 2.18. The van der Waals surface area contributed by atoms with Crippen LogP contribution in [0.4, 0.5) is 13.2 Å². The van der Waals surface area contributed by atoms with E-state index < -0.39 is 18.7 Å². The van der Waals surface area contributed by atoms with Crippen molar-refractivity contribution in [1.29, 1.82) is 0 Å². The molecule has 0 unspecified atom stereocenters. The molecule has 3 rings (SSSR count). The van der Waals surface area contributed by atoms with Crippen LogP contribution in [-0.2, 0) is 6.54 Å². The molecule has 2 heterocycles. The Hall–Kier alpha value is -3.03. The molecular formula is C17H14F3N3O2. The Kier molecular flexibility index (Phi) is 4.60. The summed E-state index contributed by atoms with van der Waals surface area (Å²) in [6.07, 6.45) is -1.50. The van der Waals surface area contributed by atoms with Gasteiger partial charge in [0.2, 0.25) is 0 Å². The van der Waals surface area contributed by atoms with Crippen LogP contribution in [0.3, 0.4) is 0 Å². The molecule has 5 nitrogen and oxygen atoms in total. The topological polar surface area (TPSA) is 67.0 Å². The largest absolute Gasteiger partial charge is 0.483 e. The van der Waals surface area contributed by atoms with Crippen molar-refractivity contribution in [2.75, 3.05) is 6.61 Å². The van der Waals surface area contributed by atoms with Crippen LogP contribution in [0.15, 0.2) is 48.8 Å². The van der Waals surface area contributed by atoms with Gasteiger partial charge in [-0.25, -0.2) is 4.98 Å². The number of aromatic nitrogens is 2. The molecule has 8 heteroatoms. The second-order valence-corrected chi connectivity index (χ2v) is 5.36. The van der Waals surface area contributed by atoms with Gasteiger partial charge in [0.25, 0.3) is 5.91 Å². The highest BCUT2D eigenvalue weighted by Gasteiger charge is 2.28. The highest BCUT2D eigenvalue weighted by atomic mass is 19.4. The summed E-state index contributed by atoms with van der Waals surface area (Å²) in [7, 11) is 0. The maximum atomic E-state index is 12.1. The zero-order valence-corrected chi connectivity index (χ0v) is 12.9. The molecule has 25 heavy (non-hydrogen) atoms. The third-order valence-electron chi connectivity index (χ3n) is 3.44. The maximum absolute atomic E-state index is 12.1. The first-order valence-electron chi connectivity index (χ1n) is 7.40. The van der Waals surface area contributed by atoms with Gasteiger partial charge in [0.1, 0.15) is 11.4 Å². The van der Waals surface area contributed by atoms with Crippen molar-refractivity contribution in [3.63, 3.8) is 0 Å². The number of benzene rings is 1. The van der Waals surface area contributed by atoms with Gasteiger partial charge in [0.15, 0.2) is 6.61 Å². The van der Waals surface area contributed by atoms with Crippen LogP contribution >= 0.6 is 0 Å². The number of nitrogens with zero attached hydrogens (tertiary/aromatic N) is 1. The Balaban J connectivity index is 1.57. The molecule has 130 valence electrons. The van der Waals surface area contributed by atoms with Crippen LogP contribution in [0.25, 0.3) is 10.9 Å². The van der Waals surface area contributed by atoms with Crippen LogP contribution in [0.5, 0.6) is 5.75 Å². The smallest absolute Gasteiger partial charge is 0.422 e. The lowest BCUT2D eigenvalue weighted by Crippen LogP contribution is -2.24. The van der Waals surface area contributed by atoms with E-state index in [1.165, 1.54) is 12.1 Å². The third-order valence-corrected chi connectivity index (χ3v) is 3.44. The zero-order chi connectivity index (χ0) is 17.9. The van der Waals surface area contributed by atoms with Crippen molar-refractivity contribution < 1.29 is 22.7 Å². The third kappa shape index (κ3) is 4.50. The van der Waals surface area contributed by atoms with Gasteiger partial charge in [0.05, 0.1) is 6.20 Å². The molecule has 0 saturated heterocycles. The molecule has 0 atom stereocenters. The number of nitrogens with one attached hydrogen (secondary N) is 2. The predicted molar refractivity (Wildman–Crippen MR) is 85.3 cm³/mol. The Morgan fingerprint density at radius 2 is 2.04 bits per heavy atom. The van der Waals surface area contributed by atoms with Crippen molar-refractivity contribution in [3.05, 3.63) is 60.0 Å². The second kappa shape index (κ2) is 6.84. The Morgan fingerprint density at radius 1 is 1.20 bits per heavy atom. The molecule has 0 bridgehead atoms. The van der Waals surface area contributed by atoms with E-state index in [9.17, 15) is 18.0 Å². The first kappa shape index (κ1) is 16.8. The molecule has 0 saturated carbocycles. The van der Waals surface area contributed by atoms with Crippen LogP contribution in [-0.4, -0.2) is 28.7 Å². The summed E-state index contributed by atoms with van der Waals surface area (Å²) in [5.41, 5.74) is 2.03. The quantitative estimate of drug-likeness (QED) is 0.742. The molecule has 0 aliphatic carbocycles. The van der Waals surface area contributed by atoms with Gasteiger partial charge in [0, 0.05) is 18.3 Å². The molecular weight excluding hydrogens is 335 g/mol. The average Bonchev–Trinajstić information content (AvgIpc) is 3.05. The minimum absolute atomic E-state index is 0.0493. The lowest BCUT2D eigenvalue weighted by atomic mass is 10.1. The number of amides is 1. The SMILES string of the molecule is O=C(NCc1ccc2[nH]ccc2c1)c1ccc(OCC(F)(F)F)cn1. The summed E-state index contributed by atoms with van der Waals surface area (Å²) >= 11 is 0. The fourth-order valence-corrected chi connectivity index (χ4v) is 2.25. The van der Waals surface area contributed by atoms with Crippen molar-refractivity contribution in [2.24, 2.45) is 0 Å². The van der Waals surface area contributed by atoms with Crippen LogP contribution in [0, 0.1) is 0 Å². The van der Waals surface area contributed by atoms with Gasteiger partial charge in [-0.05, 0) is 41.3 Å². The number of ether oxygens (including phenoxy) is 1. The van der Waals surface area contributed by atoms with E-state index in [0.717, 1.165) is 22.7 Å². The van der Waals surface area contributed by atoms with Crippen molar-refractivity contribution >= 4 is 16.8 Å². The number of fused-ring (bicyclic) bond motifs is 1. The number of H-pyrrole nitrogens is 1. The van der Waals surface area contributed by atoms with E-state index in [1.54, 1.807) is 0 Å². The number of rotatable bonds is 5. The lowest BCUT2D eigenvalue weighted by Gasteiger charge is -2.09. The fraction of sp³-hybridized carbons (Fsp3) is 0.176. The standard InChI is InChI=1S/C17H14F3N3O2/c18-17(19,20)10-25-13-2-4-15(22-9-13)16(24)23-8-11-1-3-14-12(7-11)5-6-21-14/h1-7,9,21H,8,10H2,(H,23,24). The number of alkyl halides is 3. The average molecular weight is 349 g/mol. The van der Waals surface area contributed by atoms with Gasteiger partial charge < -0.3 is 15.0 Å². The summed E-state index contributed by atoms with van der Waals surface area (Å²) in [5.74, 6) is -0.469. The van der Waals surface area contributed by atoms with Gasteiger partial charge in [-0.1, -0.05) is 6.07 Å². The van der Waals surface area contributed by atoms with Gasteiger partial charge >= 0.3 is 6.18 Å². The van der Waals surface area contributed by atoms with Crippen molar-refractivity contribution in [3.8, 4) is 5.75 Å². The molecule has 0 radical (unpaired) electrons. The molecule has 2 aromatic heterocycles. The monoisotopic (exact) mass is 349 g/mol. The first-order chi connectivity index (χ1) is 11.9. The Bertz CT molecular complexity index is 873. The number of aromatic amines is 1. The summed E-state index contributed by atoms with van der Waals surface area (Å²) in [6, 6.07) is 10.3. The van der Waals surface area contributed by atoms with Gasteiger partial charge in [-0.15, -0.1) is 0 Å². The van der Waals surface area contributed by atoms with E-state index in [1.807, 2.05) is 30.5 Å². The van der Waals surface area contributed by atoms with Crippen LogP contribution in [0.1, 0.15) is 16.1 Å². The first-order valence-corrected chi connectivity index (χ1v) is 7.40. The number of halogens is 3. The number of hydrogen-bond acceptors (Lipinski definition) is 3. The molecule has 2 N–H and O–H groups in total. The number of pyridine rings is 1. The van der Waals surface area contributed by atoms with E-state index in [0.29, 0.717) is 6.54 Å². The number of carbonyl (C=O) groups excluding carboxylic acids is 1. The fourth-order valence-electron chi connectivity index (χ4n) is 2.25. The molecule has 0 spiro atoms. The van der Waals surface area contributed by atoms with E-state index in [4.69, 9.17) is 0 Å². The van der Waals surface area contributed by atoms with E-state index >= 15 is 0 Å². The number of hydrogen-bond donors (Lipinski definition) is 2. The predicted octanol–water partition coefficient (Wildman–Crippen LogP) is 3.43. The minimum atomic E-state index is -4.42. The summed E-state index contributed by atoms with van der Waals surface area (Å²) in [6.45, 7) is -1.09. The second-order valence-electron chi connectivity index (χ2n) is 5.36. The molecule has 0 aliphatic rings. The summed E-state index contributed by atoms with van der Waals surface area (Å²) < 4.78 is 40.8. The van der Waals surface area contributed by atoms with Gasteiger partial charge in [-0.2, -0.15) is 13.2 Å². The van der Waals surface area contributed by atoms with E-state index in [2.05, 4.69) is 20.0 Å². The molecule has 0 fully saturated rings.